The maximum Gasteiger partial charge on any atom is 0.414 e. The van der Waals surface area contributed by atoms with Gasteiger partial charge in [-0.15, -0.1) is 0 Å². The number of rotatable bonds is 7. The number of hydrogen-bond donors (Lipinski definition) is 0. The molecule has 1 unspecified atom stereocenters. The molecule has 1 atom stereocenters. The van der Waals surface area contributed by atoms with Gasteiger partial charge in [0.2, 0.25) is 0 Å². The SMILES string of the molecule is CC(C(=O)c1ccccc1)N1CCC(N(C(=O)OCc2ccccc2)c2ccccc2)CC1. The molecular weight excluding hydrogens is 412 g/mol. The van der Waals surface area contributed by atoms with Crippen LogP contribution in [0.1, 0.15) is 35.7 Å². The minimum absolute atomic E-state index is 0.0194. The number of amides is 1. The normalized spacial score (nSPS) is 15.5. The Labute approximate surface area is 195 Å². The van der Waals surface area contributed by atoms with Crippen molar-refractivity contribution in [3.05, 3.63) is 102 Å². The average molecular weight is 443 g/mol. The molecule has 1 saturated heterocycles. The number of para-hydroxylation sites is 1. The summed E-state index contributed by atoms with van der Waals surface area (Å²) >= 11 is 0. The number of hydrogen-bond acceptors (Lipinski definition) is 4. The first-order chi connectivity index (χ1) is 16.1. The van der Waals surface area contributed by atoms with Crippen LogP contribution in [0.4, 0.5) is 10.5 Å². The number of carbonyl (C=O) groups excluding carboxylic acids is 2. The van der Waals surface area contributed by atoms with E-state index in [2.05, 4.69) is 4.90 Å². The smallest absolute Gasteiger partial charge is 0.414 e. The van der Waals surface area contributed by atoms with Crippen LogP contribution < -0.4 is 4.90 Å². The lowest BCUT2D eigenvalue weighted by Gasteiger charge is -2.39. The van der Waals surface area contributed by atoms with Gasteiger partial charge in [0.25, 0.3) is 0 Å². The van der Waals surface area contributed by atoms with E-state index in [1.807, 2.05) is 97.9 Å². The standard InChI is InChI=1S/C28H30N2O3/c1-22(27(31)24-13-7-3-8-14-24)29-19-17-26(18-20-29)30(25-15-9-4-10-16-25)28(32)33-21-23-11-5-2-6-12-23/h2-16,22,26H,17-21H2,1H3. The molecule has 0 saturated carbocycles. The van der Waals surface area contributed by atoms with E-state index in [1.54, 1.807) is 4.90 Å². The van der Waals surface area contributed by atoms with Gasteiger partial charge in [0.05, 0.1) is 6.04 Å². The van der Waals surface area contributed by atoms with Crippen molar-refractivity contribution in [1.82, 2.24) is 4.90 Å². The van der Waals surface area contributed by atoms with E-state index >= 15 is 0 Å². The monoisotopic (exact) mass is 442 g/mol. The second-order valence-corrected chi connectivity index (χ2v) is 8.42. The van der Waals surface area contributed by atoms with Gasteiger partial charge in [-0.05, 0) is 37.5 Å². The highest BCUT2D eigenvalue weighted by molar-refractivity contribution is 5.99. The van der Waals surface area contributed by atoms with Gasteiger partial charge < -0.3 is 4.74 Å². The number of benzene rings is 3. The maximum atomic E-state index is 13.2. The Hall–Kier alpha value is -3.44. The van der Waals surface area contributed by atoms with E-state index in [4.69, 9.17) is 4.74 Å². The fourth-order valence-electron chi connectivity index (χ4n) is 4.38. The second kappa shape index (κ2) is 10.9. The van der Waals surface area contributed by atoms with Gasteiger partial charge in [-0.25, -0.2) is 4.79 Å². The molecule has 1 fully saturated rings. The number of carbonyl (C=O) groups is 2. The van der Waals surface area contributed by atoms with Crippen molar-refractivity contribution in [2.45, 2.75) is 38.5 Å². The molecule has 0 N–H and O–H groups in total. The van der Waals surface area contributed by atoms with Gasteiger partial charge in [0, 0.05) is 30.4 Å². The van der Waals surface area contributed by atoms with Crippen LogP contribution in [-0.2, 0) is 11.3 Å². The van der Waals surface area contributed by atoms with Crippen LogP contribution in [0, 0.1) is 0 Å². The predicted molar refractivity (Wildman–Crippen MR) is 130 cm³/mol. The molecule has 3 aromatic carbocycles. The van der Waals surface area contributed by atoms with Crippen LogP contribution in [-0.4, -0.2) is 41.9 Å². The van der Waals surface area contributed by atoms with E-state index in [0.717, 1.165) is 42.7 Å². The summed E-state index contributed by atoms with van der Waals surface area (Å²) in [7, 11) is 0. The van der Waals surface area contributed by atoms with Gasteiger partial charge in [-0.3, -0.25) is 14.6 Å². The summed E-state index contributed by atoms with van der Waals surface area (Å²) in [6.45, 7) is 3.71. The average Bonchev–Trinajstić information content (AvgIpc) is 2.89. The predicted octanol–water partition coefficient (Wildman–Crippen LogP) is 5.57. The molecule has 5 nitrogen and oxygen atoms in total. The third kappa shape index (κ3) is 5.68. The topological polar surface area (TPSA) is 49.9 Å². The van der Waals surface area contributed by atoms with Crippen molar-refractivity contribution < 1.29 is 14.3 Å². The van der Waals surface area contributed by atoms with Crippen molar-refractivity contribution in [2.75, 3.05) is 18.0 Å². The largest absolute Gasteiger partial charge is 0.444 e. The van der Waals surface area contributed by atoms with Crippen LogP contribution in [0.15, 0.2) is 91.0 Å². The molecule has 0 bridgehead atoms. The molecule has 1 amide bonds. The summed E-state index contributed by atoms with van der Waals surface area (Å²) in [5.41, 5.74) is 2.53. The molecule has 0 radical (unpaired) electrons. The lowest BCUT2D eigenvalue weighted by atomic mass is 9.98. The van der Waals surface area contributed by atoms with E-state index in [9.17, 15) is 9.59 Å². The first-order valence-corrected chi connectivity index (χ1v) is 11.5. The molecule has 4 rings (SSSR count). The number of ketones is 1. The summed E-state index contributed by atoms with van der Waals surface area (Å²) in [5, 5.41) is 0. The zero-order valence-electron chi connectivity index (χ0n) is 19.0. The minimum atomic E-state index is -0.336. The summed E-state index contributed by atoms with van der Waals surface area (Å²) in [6.07, 6.45) is 1.22. The van der Waals surface area contributed by atoms with Gasteiger partial charge >= 0.3 is 6.09 Å². The molecule has 1 aliphatic rings. The van der Waals surface area contributed by atoms with E-state index in [-0.39, 0.29) is 30.6 Å². The third-order valence-electron chi connectivity index (χ3n) is 6.29. The number of anilines is 1. The highest BCUT2D eigenvalue weighted by atomic mass is 16.6. The first kappa shape index (κ1) is 22.7. The minimum Gasteiger partial charge on any atom is -0.444 e. The molecular formula is C28H30N2O3. The summed E-state index contributed by atoms with van der Waals surface area (Å²) in [4.78, 5) is 30.0. The lowest BCUT2D eigenvalue weighted by Crippen LogP contribution is -2.51. The van der Waals surface area contributed by atoms with Gasteiger partial charge in [-0.2, -0.15) is 0 Å². The zero-order chi connectivity index (χ0) is 23.0. The number of nitrogens with zero attached hydrogens (tertiary/aromatic N) is 2. The Kier molecular flexibility index (Phi) is 7.53. The molecule has 1 heterocycles. The van der Waals surface area contributed by atoms with Gasteiger partial charge in [0.1, 0.15) is 6.61 Å². The van der Waals surface area contributed by atoms with Crippen molar-refractivity contribution >= 4 is 17.6 Å². The second-order valence-electron chi connectivity index (χ2n) is 8.42. The number of Topliss-reactive ketones (excluding diaryl/α,β-unsaturated/α-hetero) is 1. The molecule has 3 aromatic rings. The van der Waals surface area contributed by atoms with Crippen molar-refractivity contribution in [2.24, 2.45) is 0 Å². The maximum absolute atomic E-state index is 13.2. The lowest BCUT2D eigenvalue weighted by molar-refractivity contribution is 0.0789. The Bertz CT molecular complexity index is 1030. The van der Waals surface area contributed by atoms with Gasteiger partial charge in [0.15, 0.2) is 5.78 Å². The number of likely N-dealkylation sites (tertiary alicyclic amines) is 1. The van der Waals surface area contributed by atoms with Crippen LogP contribution in [0.3, 0.4) is 0 Å². The zero-order valence-corrected chi connectivity index (χ0v) is 19.0. The Morgan fingerprint density at radius 1 is 0.879 bits per heavy atom. The third-order valence-corrected chi connectivity index (χ3v) is 6.29. The highest BCUT2D eigenvalue weighted by Crippen LogP contribution is 2.26. The van der Waals surface area contributed by atoms with Crippen LogP contribution in [0.2, 0.25) is 0 Å². The molecule has 170 valence electrons. The van der Waals surface area contributed by atoms with Crippen LogP contribution in [0.5, 0.6) is 0 Å². The van der Waals surface area contributed by atoms with Crippen molar-refractivity contribution in [1.29, 1.82) is 0 Å². The molecule has 0 aromatic heterocycles. The fraction of sp³-hybridized carbons (Fsp3) is 0.286. The quantitative estimate of drug-likeness (QED) is 0.449. The van der Waals surface area contributed by atoms with Crippen LogP contribution >= 0.6 is 0 Å². The first-order valence-electron chi connectivity index (χ1n) is 11.5. The Balaban J connectivity index is 1.42. The fourth-order valence-corrected chi connectivity index (χ4v) is 4.38. The molecule has 0 aliphatic carbocycles. The number of ether oxygens (including phenoxy) is 1. The highest BCUT2D eigenvalue weighted by Gasteiger charge is 2.33. The van der Waals surface area contributed by atoms with E-state index in [1.165, 1.54) is 0 Å². The molecule has 0 spiro atoms. The van der Waals surface area contributed by atoms with E-state index in [0.29, 0.717) is 0 Å². The van der Waals surface area contributed by atoms with Gasteiger partial charge in [-0.1, -0.05) is 78.9 Å². The number of piperidine rings is 1. The van der Waals surface area contributed by atoms with E-state index < -0.39 is 0 Å². The van der Waals surface area contributed by atoms with Crippen molar-refractivity contribution in [3.8, 4) is 0 Å². The molecule has 33 heavy (non-hydrogen) atoms. The van der Waals surface area contributed by atoms with Crippen molar-refractivity contribution in [3.63, 3.8) is 0 Å². The Morgan fingerprint density at radius 2 is 1.42 bits per heavy atom. The van der Waals surface area contributed by atoms with Crippen LogP contribution in [0.25, 0.3) is 0 Å². The Morgan fingerprint density at radius 3 is 2.03 bits per heavy atom. The molecule has 5 heteroatoms. The summed E-state index contributed by atoms with van der Waals surface area (Å²) < 4.78 is 5.69. The summed E-state index contributed by atoms with van der Waals surface area (Å²) in [6, 6.07) is 28.7. The summed E-state index contributed by atoms with van der Waals surface area (Å²) in [5.74, 6) is 0.135. The molecule has 1 aliphatic heterocycles.